The van der Waals surface area contributed by atoms with Gasteiger partial charge in [-0.1, -0.05) is 36.4 Å². The van der Waals surface area contributed by atoms with Gasteiger partial charge in [0.15, 0.2) is 5.11 Å². The van der Waals surface area contributed by atoms with Gasteiger partial charge in [-0.05, 0) is 104 Å². The lowest BCUT2D eigenvalue weighted by Crippen LogP contribution is -2.47. The molecule has 0 radical (unpaired) electrons. The van der Waals surface area contributed by atoms with Crippen molar-refractivity contribution in [3.8, 4) is 0 Å². The third kappa shape index (κ3) is 8.80. The van der Waals surface area contributed by atoms with Crippen molar-refractivity contribution in [3.63, 3.8) is 0 Å². The fourth-order valence-electron chi connectivity index (χ4n) is 5.37. The molecule has 8 nitrogen and oxygen atoms in total. The minimum atomic E-state index is -1.04. The number of amides is 2. The van der Waals surface area contributed by atoms with E-state index in [-0.39, 0.29) is 22.7 Å². The Bertz CT molecular complexity index is 1780. The first kappa shape index (κ1) is 32.8. The number of carbonyl (C=O) groups is 2. The fourth-order valence-corrected chi connectivity index (χ4v) is 5.47. The molecule has 7 N–H and O–H groups in total. The van der Waals surface area contributed by atoms with Crippen molar-refractivity contribution in [2.45, 2.75) is 24.8 Å². The summed E-state index contributed by atoms with van der Waals surface area (Å²) in [6, 6.07) is 29.6. The van der Waals surface area contributed by atoms with Crippen LogP contribution in [0.4, 0.5) is 31.5 Å². The zero-order valence-electron chi connectivity index (χ0n) is 25.4. The van der Waals surface area contributed by atoms with Crippen molar-refractivity contribution in [1.82, 2.24) is 5.32 Å². The van der Waals surface area contributed by atoms with Gasteiger partial charge >= 0.3 is 0 Å². The summed E-state index contributed by atoms with van der Waals surface area (Å²) in [7, 11) is 0. The Balaban J connectivity index is 1.64. The number of nitrogens with two attached hydrogens (primary N) is 1. The standard InChI is InChI=1S/C36H34F2N6O2S/c37-24-12-16-28(17-13-24)41-32-22-30(33(45)42-26-8-3-1-4-9-26)31(34(46)43-27-10-5-2-6-11-27)23-36(32,20-7-21-40-35(39)47)44-29-18-14-25(38)15-19-29/h1-6,8-19,22,41,44H,7,20-21,23H2,(H,42,45)(H,43,46)(H3,39,40,47). The van der Waals surface area contributed by atoms with Crippen LogP contribution in [0.15, 0.2) is 132 Å². The first-order valence-electron chi connectivity index (χ1n) is 15.0. The molecule has 0 heterocycles. The van der Waals surface area contributed by atoms with E-state index in [0.29, 0.717) is 47.8 Å². The quantitative estimate of drug-likeness (QED) is 0.0744. The van der Waals surface area contributed by atoms with Crippen molar-refractivity contribution >= 4 is 51.9 Å². The molecule has 11 heteroatoms. The van der Waals surface area contributed by atoms with E-state index in [1.807, 2.05) is 12.1 Å². The van der Waals surface area contributed by atoms with Crippen LogP contribution in [0.5, 0.6) is 0 Å². The first-order valence-corrected chi connectivity index (χ1v) is 15.4. The molecule has 0 saturated carbocycles. The van der Waals surface area contributed by atoms with Gasteiger partial charge in [0.05, 0.1) is 11.1 Å². The Hall–Kier alpha value is -5.55. The smallest absolute Gasteiger partial charge is 0.256 e. The van der Waals surface area contributed by atoms with Gasteiger partial charge < -0.3 is 32.3 Å². The van der Waals surface area contributed by atoms with E-state index in [1.165, 1.54) is 24.3 Å². The lowest BCUT2D eigenvalue weighted by molar-refractivity contribution is -0.115. The predicted octanol–water partition coefficient (Wildman–Crippen LogP) is 6.70. The van der Waals surface area contributed by atoms with Crippen LogP contribution < -0.4 is 32.3 Å². The lowest BCUT2D eigenvalue weighted by atomic mass is 9.76. The summed E-state index contributed by atoms with van der Waals surface area (Å²) in [4.78, 5) is 28.0. The highest BCUT2D eigenvalue weighted by Gasteiger charge is 2.42. The van der Waals surface area contributed by atoms with Crippen LogP contribution in [0, 0.1) is 11.6 Å². The van der Waals surface area contributed by atoms with E-state index in [1.54, 1.807) is 78.9 Å². The molecule has 2 amide bonds. The highest BCUT2D eigenvalue weighted by atomic mass is 32.1. The molecule has 0 aromatic heterocycles. The molecule has 0 saturated heterocycles. The van der Waals surface area contributed by atoms with E-state index in [2.05, 4.69) is 26.6 Å². The maximum atomic E-state index is 14.1. The Morgan fingerprint density at radius 2 is 1.26 bits per heavy atom. The average Bonchev–Trinajstić information content (AvgIpc) is 3.06. The molecule has 240 valence electrons. The fraction of sp³-hybridized carbons (Fsp3) is 0.139. The van der Waals surface area contributed by atoms with Crippen LogP contribution in [0.1, 0.15) is 19.3 Å². The number of thiocarbonyl (C=S) groups is 1. The van der Waals surface area contributed by atoms with Gasteiger partial charge in [-0.2, -0.15) is 0 Å². The highest BCUT2D eigenvalue weighted by molar-refractivity contribution is 7.80. The molecular formula is C36H34F2N6O2S. The van der Waals surface area contributed by atoms with E-state index in [9.17, 15) is 18.4 Å². The monoisotopic (exact) mass is 652 g/mol. The van der Waals surface area contributed by atoms with Gasteiger partial charge in [0, 0.05) is 47.0 Å². The summed E-state index contributed by atoms with van der Waals surface area (Å²) in [6.07, 6.45) is 2.64. The van der Waals surface area contributed by atoms with Crippen molar-refractivity contribution in [3.05, 3.63) is 144 Å². The normalized spacial score (nSPS) is 15.7. The molecular weight excluding hydrogens is 618 g/mol. The number of hydrogen-bond donors (Lipinski definition) is 6. The van der Waals surface area contributed by atoms with E-state index < -0.39 is 29.0 Å². The van der Waals surface area contributed by atoms with Crippen LogP contribution in [0.25, 0.3) is 0 Å². The number of carbonyl (C=O) groups excluding carboxylic acids is 2. The van der Waals surface area contributed by atoms with E-state index in [4.69, 9.17) is 18.0 Å². The van der Waals surface area contributed by atoms with Gasteiger partial charge in [0.2, 0.25) is 0 Å². The van der Waals surface area contributed by atoms with Gasteiger partial charge in [0.25, 0.3) is 11.8 Å². The second-order valence-corrected chi connectivity index (χ2v) is 11.4. The summed E-state index contributed by atoms with van der Waals surface area (Å²) >= 11 is 5.00. The van der Waals surface area contributed by atoms with Crippen molar-refractivity contribution in [2.75, 3.05) is 27.8 Å². The number of rotatable bonds is 12. The molecule has 0 bridgehead atoms. The zero-order valence-corrected chi connectivity index (χ0v) is 26.2. The number of nitrogens with one attached hydrogen (secondary N) is 5. The summed E-state index contributed by atoms with van der Waals surface area (Å²) in [5.41, 5.74) is 7.81. The molecule has 1 atom stereocenters. The third-order valence-electron chi connectivity index (χ3n) is 7.62. The molecule has 0 aliphatic heterocycles. The van der Waals surface area contributed by atoms with Crippen molar-refractivity contribution < 1.29 is 18.4 Å². The summed E-state index contributed by atoms with van der Waals surface area (Å²) in [5, 5.41) is 15.9. The van der Waals surface area contributed by atoms with Crippen LogP contribution in [0.3, 0.4) is 0 Å². The number of hydrogen-bond acceptors (Lipinski definition) is 5. The molecule has 4 aromatic carbocycles. The Morgan fingerprint density at radius 1 is 0.723 bits per heavy atom. The number of anilines is 4. The zero-order chi connectivity index (χ0) is 33.2. The molecule has 5 rings (SSSR count). The van der Waals surface area contributed by atoms with Gasteiger partial charge in [-0.3, -0.25) is 9.59 Å². The topological polar surface area (TPSA) is 120 Å². The van der Waals surface area contributed by atoms with Gasteiger partial charge in [-0.25, -0.2) is 8.78 Å². The first-order chi connectivity index (χ1) is 22.7. The number of halogens is 2. The maximum Gasteiger partial charge on any atom is 0.256 e. The minimum absolute atomic E-state index is 0.0493. The highest BCUT2D eigenvalue weighted by Crippen LogP contribution is 2.40. The summed E-state index contributed by atoms with van der Waals surface area (Å²) in [6.45, 7) is 0.433. The summed E-state index contributed by atoms with van der Waals surface area (Å²) in [5.74, 6) is -1.76. The number of para-hydroxylation sites is 2. The van der Waals surface area contributed by atoms with Crippen LogP contribution in [-0.4, -0.2) is 29.0 Å². The maximum absolute atomic E-state index is 14.1. The lowest BCUT2D eigenvalue weighted by Gasteiger charge is -2.42. The largest absolute Gasteiger partial charge is 0.376 e. The predicted molar refractivity (Wildman–Crippen MR) is 187 cm³/mol. The summed E-state index contributed by atoms with van der Waals surface area (Å²) < 4.78 is 27.8. The second-order valence-electron chi connectivity index (χ2n) is 11.0. The molecule has 0 fully saturated rings. The molecule has 4 aromatic rings. The van der Waals surface area contributed by atoms with Gasteiger partial charge in [-0.15, -0.1) is 0 Å². The number of benzene rings is 4. The van der Waals surface area contributed by atoms with Gasteiger partial charge in [0.1, 0.15) is 11.6 Å². The molecule has 0 spiro atoms. The second kappa shape index (κ2) is 15.2. The SMILES string of the molecule is NC(=S)NCCCC1(Nc2ccc(F)cc2)CC(C(=O)Nc2ccccc2)=C(C(=O)Nc2ccccc2)C=C1Nc1ccc(F)cc1. The van der Waals surface area contributed by atoms with E-state index in [0.717, 1.165) is 0 Å². The van der Waals surface area contributed by atoms with Crippen LogP contribution >= 0.6 is 12.2 Å². The Labute approximate surface area is 277 Å². The van der Waals surface area contributed by atoms with E-state index >= 15 is 0 Å². The molecule has 1 aliphatic rings. The molecule has 1 unspecified atom stereocenters. The van der Waals surface area contributed by atoms with Crippen LogP contribution in [0.2, 0.25) is 0 Å². The third-order valence-corrected chi connectivity index (χ3v) is 7.76. The van der Waals surface area contributed by atoms with Crippen LogP contribution in [-0.2, 0) is 9.59 Å². The van der Waals surface area contributed by atoms with Crippen molar-refractivity contribution in [1.29, 1.82) is 0 Å². The Morgan fingerprint density at radius 3 is 1.81 bits per heavy atom. The average molecular weight is 653 g/mol. The Kier molecular flexibility index (Phi) is 10.6. The minimum Gasteiger partial charge on any atom is -0.376 e. The molecule has 1 aliphatic carbocycles. The van der Waals surface area contributed by atoms with Crippen molar-refractivity contribution in [2.24, 2.45) is 5.73 Å². The molecule has 47 heavy (non-hydrogen) atoms.